The third-order valence-electron chi connectivity index (χ3n) is 14.1. The second-order valence-electron chi connectivity index (χ2n) is 20.5. The van der Waals surface area contributed by atoms with Gasteiger partial charge in [-0.25, -0.2) is 4.79 Å². The van der Waals surface area contributed by atoms with Gasteiger partial charge >= 0.3 is 5.97 Å². The van der Waals surface area contributed by atoms with Crippen molar-refractivity contribution in [3.63, 3.8) is 0 Å². The quantitative estimate of drug-likeness (QED) is 0.121. The van der Waals surface area contributed by atoms with Gasteiger partial charge in [-0.05, 0) is 108 Å². The fourth-order valence-electron chi connectivity index (χ4n) is 10.9. The Morgan fingerprint density at radius 3 is 1.65 bits per heavy atom. The summed E-state index contributed by atoms with van der Waals surface area (Å²) in [6, 6.07) is 18.2. The zero-order valence-corrected chi connectivity index (χ0v) is 40.8. The molecule has 0 bridgehead atoms. The number of H-pyrrole nitrogens is 2. The second kappa shape index (κ2) is 18.1. The van der Waals surface area contributed by atoms with Gasteiger partial charge in [0, 0.05) is 128 Å². The molecule has 364 valence electrons. The molecule has 2 aromatic carbocycles. The van der Waals surface area contributed by atoms with Crippen LogP contribution in [-0.2, 0) is 37.8 Å². The number of carbonyl (C=O) groups is 4. The Labute approximate surface area is 410 Å². The maximum atomic E-state index is 13.2. The molecule has 6 N–H and O–H groups in total. The van der Waals surface area contributed by atoms with E-state index in [4.69, 9.17) is 10.8 Å². The Morgan fingerprint density at radius 2 is 1.17 bits per heavy atom. The van der Waals surface area contributed by atoms with Crippen LogP contribution in [0.3, 0.4) is 0 Å². The highest BCUT2D eigenvalue weighted by atomic mass is 16.4. The minimum atomic E-state index is -0.899. The monoisotopic (exact) mass is 954 g/mol. The van der Waals surface area contributed by atoms with Crippen molar-refractivity contribution in [1.82, 2.24) is 54.6 Å². The van der Waals surface area contributed by atoms with E-state index in [1.807, 2.05) is 47.7 Å². The molecule has 4 aliphatic rings. The fourth-order valence-corrected chi connectivity index (χ4v) is 10.9. The summed E-state index contributed by atoms with van der Waals surface area (Å²) in [6.07, 6.45) is 14.1. The van der Waals surface area contributed by atoms with Gasteiger partial charge in [0.1, 0.15) is 11.4 Å². The fraction of sp³-hybridized carbons (Fsp3) is 0.333. The molecule has 0 spiro atoms. The average Bonchev–Trinajstić information content (AvgIpc) is 4.22. The number of amides is 3. The van der Waals surface area contributed by atoms with Crippen LogP contribution in [0.4, 0.5) is 0 Å². The normalized spacial score (nSPS) is 18.1. The van der Waals surface area contributed by atoms with Gasteiger partial charge in [0.15, 0.2) is 0 Å². The van der Waals surface area contributed by atoms with E-state index in [2.05, 4.69) is 70.4 Å². The number of aromatic nitrogens is 8. The van der Waals surface area contributed by atoms with E-state index in [0.29, 0.717) is 41.9 Å². The summed E-state index contributed by atoms with van der Waals surface area (Å²) in [6.45, 7) is 11.4. The number of nitrogens with two attached hydrogens (primary N) is 1. The number of aromatic amines is 2. The first-order valence-electron chi connectivity index (χ1n) is 24.0. The van der Waals surface area contributed by atoms with Crippen LogP contribution in [0.2, 0.25) is 0 Å². The van der Waals surface area contributed by atoms with Gasteiger partial charge in [0.05, 0.1) is 28.1 Å². The van der Waals surface area contributed by atoms with Crippen molar-refractivity contribution in [2.24, 2.45) is 19.8 Å². The lowest BCUT2D eigenvalue weighted by molar-refractivity contribution is 0.0695. The highest BCUT2D eigenvalue weighted by molar-refractivity contribution is 6.02. The highest BCUT2D eigenvalue weighted by Gasteiger charge is 2.38. The molecule has 71 heavy (non-hydrogen) atoms. The van der Waals surface area contributed by atoms with E-state index in [1.165, 1.54) is 16.7 Å². The summed E-state index contributed by atoms with van der Waals surface area (Å²) in [4.78, 5) is 67.5. The first-order chi connectivity index (χ1) is 33.9. The standard InChI is InChI=1S/C27H28N6O2.C17H17N3O2.C10H13N3O/c1-27(2)12-18-14-32(3)31-23(18)24-22(27)20-11-16(6-7-21(20)30-24)25(34)29-19-8-10-33(15-19)26(35)17-5-4-9-28-13-17;1-17(2)7-10-8-20(3)19-14(10)15-13(17)11-6-9(16(21)22)4-5-12(11)18-15;11-9-3-5-13(7-9)10(14)8-2-1-4-12-6-8/h4-7,9,11,13-14,19,30H,8,10,12,15H2,1-3H3,(H,29,34);4-6,8,18H,7H2,1-3H3,(H,21,22);1-2,4,6,9H,3,5,7,11H2. The van der Waals surface area contributed by atoms with Crippen LogP contribution >= 0.6 is 0 Å². The van der Waals surface area contributed by atoms with Crippen molar-refractivity contribution in [2.75, 3.05) is 26.2 Å². The van der Waals surface area contributed by atoms with E-state index in [-0.39, 0.29) is 40.6 Å². The molecular formula is C54H58N12O5. The number of pyridine rings is 2. The Morgan fingerprint density at radius 1 is 0.676 bits per heavy atom. The molecule has 2 atom stereocenters. The summed E-state index contributed by atoms with van der Waals surface area (Å²) in [7, 11) is 3.88. The zero-order valence-electron chi connectivity index (χ0n) is 40.8. The lowest BCUT2D eigenvalue weighted by atomic mass is 9.73. The first kappa shape index (κ1) is 46.8. The van der Waals surface area contributed by atoms with E-state index < -0.39 is 5.97 Å². The molecule has 2 saturated heterocycles. The van der Waals surface area contributed by atoms with Gasteiger partial charge in [-0.15, -0.1) is 0 Å². The summed E-state index contributed by atoms with van der Waals surface area (Å²) >= 11 is 0. The van der Waals surface area contributed by atoms with Crippen molar-refractivity contribution >= 4 is 45.5 Å². The number of hydrogen-bond donors (Lipinski definition) is 5. The summed E-state index contributed by atoms with van der Waals surface area (Å²) in [5.74, 6) is -1.03. The lowest BCUT2D eigenvalue weighted by Gasteiger charge is -2.29. The number of nitrogens with zero attached hydrogens (tertiary/aromatic N) is 8. The minimum absolute atomic E-state index is 0.0334. The molecule has 2 aliphatic heterocycles. The topological polar surface area (TPSA) is 226 Å². The molecule has 2 unspecified atom stereocenters. The largest absolute Gasteiger partial charge is 0.478 e. The Bertz CT molecular complexity index is 3360. The SMILES string of the molecule is Cn1cc2c(n1)-c1[nH]c3ccc(C(=O)NC4CCN(C(=O)c5cccnc5)C4)cc3c1C(C)(C)C2.Cn1cc2c(n1)-c1[nH]c3ccc(C(=O)O)cc3c1C(C)(C)C2.NC1CCN(C(=O)c2cccnc2)C1. The molecule has 6 aromatic heterocycles. The van der Waals surface area contributed by atoms with E-state index in [1.54, 1.807) is 71.0 Å². The molecule has 3 amide bonds. The van der Waals surface area contributed by atoms with Crippen LogP contribution in [0.5, 0.6) is 0 Å². The number of hydrogen-bond acceptors (Lipinski definition) is 9. The van der Waals surface area contributed by atoms with Crippen LogP contribution < -0.4 is 11.1 Å². The number of nitrogens with one attached hydrogen (secondary N) is 3. The van der Waals surface area contributed by atoms with Crippen molar-refractivity contribution in [3.05, 3.63) is 142 Å². The van der Waals surface area contributed by atoms with Crippen LogP contribution in [0, 0.1) is 0 Å². The van der Waals surface area contributed by atoms with Crippen molar-refractivity contribution in [3.8, 4) is 22.8 Å². The number of benzene rings is 2. The van der Waals surface area contributed by atoms with Crippen LogP contribution in [0.15, 0.2) is 97.8 Å². The Kier molecular flexibility index (Phi) is 11.9. The van der Waals surface area contributed by atoms with Gasteiger partial charge in [0.2, 0.25) is 0 Å². The average molecular weight is 955 g/mol. The zero-order chi connectivity index (χ0) is 49.9. The molecule has 0 radical (unpaired) electrons. The predicted molar refractivity (Wildman–Crippen MR) is 270 cm³/mol. The van der Waals surface area contributed by atoms with Gasteiger partial charge < -0.3 is 35.9 Å². The van der Waals surface area contributed by atoms with Crippen LogP contribution in [-0.4, -0.2) is 116 Å². The Balaban J connectivity index is 0.000000137. The van der Waals surface area contributed by atoms with Crippen molar-refractivity contribution < 1.29 is 24.3 Å². The van der Waals surface area contributed by atoms with Gasteiger partial charge in [0.25, 0.3) is 17.7 Å². The van der Waals surface area contributed by atoms with Gasteiger partial charge in [-0.3, -0.25) is 33.7 Å². The number of fused-ring (bicyclic) bond motifs is 10. The van der Waals surface area contributed by atoms with Gasteiger partial charge in [-0.1, -0.05) is 27.7 Å². The number of carbonyl (C=O) groups excluding carboxylic acids is 3. The molecule has 2 aliphatic carbocycles. The number of rotatable bonds is 5. The maximum absolute atomic E-state index is 13.2. The molecule has 17 heteroatoms. The van der Waals surface area contributed by atoms with Crippen LogP contribution in [0.1, 0.15) is 104 Å². The third-order valence-corrected chi connectivity index (χ3v) is 14.1. The number of likely N-dealkylation sites (tertiary alicyclic amines) is 2. The highest BCUT2D eigenvalue weighted by Crippen LogP contribution is 2.47. The number of aromatic carboxylic acids is 1. The third kappa shape index (κ3) is 8.97. The number of carboxylic acids is 1. The first-order valence-corrected chi connectivity index (χ1v) is 24.0. The molecule has 17 nitrogen and oxygen atoms in total. The summed E-state index contributed by atoms with van der Waals surface area (Å²) in [5.41, 5.74) is 18.6. The van der Waals surface area contributed by atoms with Crippen molar-refractivity contribution in [1.29, 1.82) is 0 Å². The molecular weight excluding hydrogens is 897 g/mol. The molecule has 12 rings (SSSR count). The van der Waals surface area contributed by atoms with E-state index in [9.17, 15) is 24.3 Å². The number of carboxylic acid groups (broad SMARTS) is 1. The van der Waals surface area contributed by atoms with E-state index >= 15 is 0 Å². The summed E-state index contributed by atoms with van der Waals surface area (Å²) < 4.78 is 3.70. The minimum Gasteiger partial charge on any atom is -0.478 e. The second-order valence-corrected chi connectivity index (χ2v) is 20.5. The van der Waals surface area contributed by atoms with Crippen molar-refractivity contribution in [2.45, 2.75) is 76.3 Å². The molecule has 2 fully saturated rings. The Hall–Kier alpha value is -7.92. The van der Waals surface area contributed by atoms with Crippen LogP contribution in [0.25, 0.3) is 44.6 Å². The summed E-state index contributed by atoms with van der Waals surface area (Å²) in [5, 5.41) is 23.7. The van der Waals surface area contributed by atoms with E-state index in [0.717, 1.165) is 82.4 Å². The molecule has 8 aromatic rings. The predicted octanol–water partition coefficient (Wildman–Crippen LogP) is 6.80. The number of aryl methyl sites for hydroxylation is 2. The maximum Gasteiger partial charge on any atom is 0.335 e. The van der Waals surface area contributed by atoms with Gasteiger partial charge in [-0.2, -0.15) is 10.2 Å². The lowest BCUT2D eigenvalue weighted by Crippen LogP contribution is -2.38. The smallest absolute Gasteiger partial charge is 0.335 e. The molecule has 0 saturated carbocycles. The molecule has 8 heterocycles.